The van der Waals surface area contributed by atoms with Gasteiger partial charge in [-0.15, -0.1) is 0 Å². The van der Waals surface area contributed by atoms with E-state index in [0.29, 0.717) is 0 Å². The van der Waals surface area contributed by atoms with Crippen molar-refractivity contribution in [2.45, 2.75) is 33.2 Å². The van der Waals surface area contributed by atoms with Crippen molar-refractivity contribution in [1.29, 1.82) is 0 Å². The molecule has 0 spiro atoms. The molecule has 1 aliphatic carbocycles. The van der Waals surface area contributed by atoms with E-state index in [2.05, 4.69) is 43.4 Å². The molecule has 1 fully saturated rings. The third kappa shape index (κ3) is 3.07. The van der Waals surface area contributed by atoms with Gasteiger partial charge in [0.2, 0.25) is 0 Å². The zero-order valence-corrected chi connectivity index (χ0v) is 9.79. The summed E-state index contributed by atoms with van der Waals surface area (Å²) in [6, 6.07) is 8.94. The van der Waals surface area contributed by atoms with Crippen molar-refractivity contribution < 1.29 is 0 Å². The summed E-state index contributed by atoms with van der Waals surface area (Å²) >= 11 is 0. The summed E-state index contributed by atoms with van der Waals surface area (Å²) in [4.78, 5) is 0. The van der Waals surface area contributed by atoms with E-state index in [0.717, 1.165) is 24.8 Å². The summed E-state index contributed by atoms with van der Waals surface area (Å²) in [5.74, 6) is 1.90. The fourth-order valence-corrected chi connectivity index (χ4v) is 1.98. The molecular formula is C14H21N. The van der Waals surface area contributed by atoms with Crippen molar-refractivity contribution in [1.82, 2.24) is 5.32 Å². The minimum absolute atomic E-state index is 0.944. The third-order valence-electron chi connectivity index (χ3n) is 3.44. The van der Waals surface area contributed by atoms with Gasteiger partial charge in [0, 0.05) is 6.54 Å². The molecule has 1 N–H and O–H groups in total. The highest BCUT2D eigenvalue weighted by Gasteiger charge is 2.31. The molecule has 15 heavy (non-hydrogen) atoms. The Kier molecular flexibility index (Phi) is 3.42. The van der Waals surface area contributed by atoms with E-state index in [1.54, 1.807) is 0 Å². The van der Waals surface area contributed by atoms with Crippen LogP contribution in [-0.2, 0) is 13.0 Å². The fourth-order valence-electron chi connectivity index (χ4n) is 1.98. The average molecular weight is 203 g/mol. The predicted octanol–water partition coefficient (Wildman–Crippen LogP) is 2.99. The molecule has 0 saturated heterocycles. The van der Waals surface area contributed by atoms with E-state index in [9.17, 15) is 0 Å². The number of rotatable bonds is 5. The molecule has 1 saturated carbocycles. The zero-order valence-electron chi connectivity index (χ0n) is 9.79. The van der Waals surface area contributed by atoms with Gasteiger partial charge < -0.3 is 5.32 Å². The number of hydrogen-bond donors (Lipinski definition) is 1. The fraction of sp³-hybridized carbons (Fsp3) is 0.571. The van der Waals surface area contributed by atoms with E-state index in [4.69, 9.17) is 0 Å². The lowest BCUT2D eigenvalue weighted by Gasteiger charge is -2.05. The van der Waals surface area contributed by atoms with Gasteiger partial charge in [-0.05, 0) is 42.3 Å². The van der Waals surface area contributed by atoms with Crippen molar-refractivity contribution in [2.24, 2.45) is 11.8 Å². The van der Waals surface area contributed by atoms with Crippen LogP contribution in [-0.4, -0.2) is 6.54 Å². The largest absolute Gasteiger partial charge is 0.312 e. The normalized spacial score (nSPS) is 24.1. The molecule has 82 valence electrons. The maximum absolute atomic E-state index is 3.53. The Morgan fingerprint density at radius 2 is 1.80 bits per heavy atom. The van der Waals surface area contributed by atoms with Gasteiger partial charge in [0.25, 0.3) is 0 Å². The van der Waals surface area contributed by atoms with E-state index in [1.165, 1.54) is 24.1 Å². The Bertz CT molecular complexity index is 302. The molecule has 1 heteroatoms. The van der Waals surface area contributed by atoms with Gasteiger partial charge in [0.05, 0.1) is 0 Å². The summed E-state index contributed by atoms with van der Waals surface area (Å²) in [6.07, 6.45) is 2.55. The molecule has 2 unspecified atom stereocenters. The van der Waals surface area contributed by atoms with Crippen LogP contribution < -0.4 is 5.32 Å². The standard InChI is InChI=1S/C14H21N/c1-3-12-4-6-13(7-5-12)9-15-10-14-8-11(14)2/h4-7,11,14-15H,3,8-10H2,1-2H3. The molecule has 0 heterocycles. The van der Waals surface area contributed by atoms with Crippen LogP contribution >= 0.6 is 0 Å². The van der Waals surface area contributed by atoms with E-state index >= 15 is 0 Å². The van der Waals surface area contributed by atoms with Gasteiger partial charge >= 0.3 is 0 Å². The van der Waals surface area contributed by atoms with Gasteiger partial charge in [-0.3, -0.25) is 0 Å². The molecule has 0 aromatic heterocycles. The lowest BCUT2D eigenvalue weighted by molar-refractivity contribution is 0.612. The summed E-state index contributed by atoms with van der Waals surface area (Å²) < 4.78 is 0. The second-order valence-corrected chi connectivity index (χ2v) is 4.77. The molecule has 2 rings (SSSR count). The van der Waals surface area contributed by atoms with Crippen molar-refractivity contribution in [3.05, 3.63) is 35.4 Å². The highest BCUT2D eigenvalue weighted by molar-refractivity contribution is 5.22. The summed E-state index contributed by atoms with van der Waals surface area (Å²) in [7, 11) is 0. The summed E-state index contributed by atoms with van der Waals surface area (Å²) in [5.41, 5.74) is 2.83. The number of benzene rings is 1. The quantitative estimate of drug-likeness (QED) is 0.775. The molecule has 1 aliphatic rings. The molecule has 0 bridgehead atoms. The molecule has 2 atom stereocenters. The molecule has 0 radical (unpaired) electrons. The zero-order chi connectivity index (χ0) is 10.7. The Hall–Kier alpha value is -0.820. The average Bonchev–Trinajstić information content (AvgIpc) is 2.96. The van der Waals surface area contributed by atoms with Gasteiger partial charge in [-0.2, -0.15) is 0 Å². The van der Waals surface area contributed by atoms with Gasteiger partial charge in [-0.25, -0.2) is 0 Å². The molecule has 1 aromatic rings. The van der Waals surface area contributed by atoms with Crippen LogP contribution in [0.15, 0.2) is 24.3 Å². The van der Waals surface area contributed by atoms with Crippen LogP contribution in [0, 0.1) is 11.8 Å². The topological polar surface area (TPSA) is 12.0 Å². The highest BCUT2D eigenvalue weighted by Crippen LogP contribution is 2.36. The maximum atomic E-state index is 3.53. The first kappa shape index (κ1) is 10.7. The number of aryl methyl sites for hydroxylation is 1. The van der Waals surface area contributed by atoms with Crippen molar-refractivity contribution in [3.8, 4) is 0 Å². The third-order valence-corrected chi connectivity index (χ3v) is 3.44. The lowest BCUT2D eigenvalue weighted by Crippen LogP contribution is -2.16. The maximum Gasteiger partial charge on any atom is 0.0205 e. The molecule has 0 aliphatic heterocycles. The van der Waals surface area contributed by atoms with Crippen LogP contribution in [0.1, 0.15) is 31.4 Å². The van der Waals surface area contributed by atoms with Gasteiger partial charge in [0.15, 0.2) is 0 Å². The first-order valence-electron chi connectivity index (χ1n) is 6.08. The first-order valence-corrected chi connectivity index (χ1v) is 6.08. The van der Waals surface area contributed by atoms with Gasteiger partial charge in [-0.1, -0.05) is 38.1 Å². The van der Waals surface area contributed by atoms with Crippen LogP contribution in [0.4, 0.5) is 0 Å². The minimum Gasteiger partial charge on any atom is -0.312 e. The van der Waals surface area contributed by atoms with Crippen molar-refractivity contribution >= 4 is 0 Å². The summed E-state index contributed by atoms with van der Waals surface area (Å²) in [6.45, 7) is 6.74. The Balaban J connectivity index is 1.73. The second-order valence-electron chi connectivity index (χ2n) is 4.77. The molecule has 0 amide bonds. The molecule has 1 aromatic carbocycles. The van der Waals surface area contributed by atoms with Crippen molar-refractivity contribution in [2.75, 3.05) is 6.54 Å². The van der Waals surface area contributed by atoms with E-state index in [-0.39, 0.29) is 0 Å². The van der Waals surface area contributed by atoms with E-state index in [1.807, 2.05) is 0 Å². The van der Waals surface area contributed by atoms with E-state index < -0.39 is 0 Å². The van der Waals surface area contributed by atoms with Gasteiger partial charge in [0.1, 0.15) is 0 Å². The van der Waals surface area contributed by atoms with Crippen LogP contribution in [0.2, 0.25) is 0 Å². The Morgan fingerprint density at radius 3 is 2.33 bits per heavy atom. The van der Waals surface area contributed by atoms with Crippen LogP contribution in [0.3, 0.4) is 0 Å². The molecular weight excluding hydrogens is 182 g/mol. The summed E-state index contributed by atoms with van der Waals surface area (Å²) in [5, 5.41) is 3.53. The van der Waals surface area contributed by atoms with Crippen LogP contribution in [0.25, 0.3) is 0 Å². The second kappa shape index (κ2) is 4.80. The number of hydrogen-bond acceptors (Lipinski definition) is 1. The molecule has 1 nitrogen and oxygen atoms in total. The highest BCUT2D eigenvalue weighted by atomic mass is 14.9. The number of nitrogens with one attached hydrogen (secondary N) is 1. The van der Waals surface area contributed by atoms with Crippen LogP contribution in [0.5, 0.6) is 0 Å². The SMILES string of the molecule is CCc1ccc(CNCC2CC2C)cc1. The Labute approximate surface area is 92.9 Å². The predicted molar refractivity (Wildman–Crippen MR) is 64.8 cm³/mol. The smallest absolute Gasteiger partial charge is 0.0205 e. The Morgan fingerprint density at radius 1 is 1.20 bits per heavy atom. The minimum atomic E-state index is 0.944. The first-order chi connectivity index (χ1) is 7.29. The monoisotopic (exact) mass is 203 g/mol. The lowest BCUT2D eigenvalue weighted by atomic mass is 10.1. The van der Waals surface area contributed by atoms with Crippen molar-refractivity contribution in [3.63, 3.8) is 0 Å².